The second-order valence-corrected chi connectivity index (χ2v) is 13.7. The highest BCUT2D eigenvalue weighted by Crippen LogP contribution is 2.41. The van der Waals surface area contributed by atoms with Gasteiger partial charge in [0.15, 0.2) is 5.82 Å². The Morgan fingerprint density at radius 1 is 0.340 bits per heavy atom. The van der Waals surface area contributed by atoms with Crippen LogP contribution in [-0.4, -0.2) is 9.97 Å². The highest BCUT2D eigenvalue weighted by molar-refractivity contribution is 6.20. The van der Waals surface area contributed by atoms with Crippen molar-refractivity contribution in [3.63, 3.8) is 0 Å². The van der Waals surface area contributed by atoms with Gasteiger partial charge in [0.2, 0.25) is 0 Å². The Morgan fingerprint density at radius 2 is 0.962 bits per heavy atom. The van der Waals surface area contributed by atoms with Crippen molar-refractivity contribution in [1.82, 2.24) is 9.97 Å². The van der Waals surface area contributed by atoms with Gasteiger partial charge in [-0.25, -0.2) is 9.97 Å². The van der Waals surface area contributed by atoms with Gasteiger partial charge in [0.1, 0.15) is 11.2 Å². The Labute approximate surface area is 305 Å². The molecule has 0 aliphatic carbocycles. The second-order valence-electron chi connectivity index (χ2n) is 13.7. The molecule has 0 bridgehead atoms. The summed E-state index contributed by atoms with van der Waals surface area (Å²) in [5.74, 6) is 0.712. The van der Waals surface area contributed by atoms with Gasteiger partial charge in [-0.05, 0) is 84.5 Å². The van der Waals surface area contributed by atoms with Crippen LogP contribution in [0.1, 0.15) is 0 Å². The Kier molecular flexibility index (Phi) is 6.55. The molecule has 9 aromatic carbocycles. The van der Waals surface area contributed by atoms with Crippen LogP contribution in [0.3, 0.4) is 0 Å². The van der Waals surface area contributed by atoms with E-state index in [1.54, 1.807) is 0 Å². The maximum absolute atomic E-state index is 6.39. The summed E-state index contributed by atoms with van der Waals surface area (Å²) in [6, 6.07) is 64.4. The van der Waals surface area contributed by atoms with Crippen molar-refractivity contribution in [2.75, 3.05) is 0 Å². The summed E-state index contributed by atoms with van der Waals surface area (Å²) in [5, 5.41) is 11.7. The van der Waals surface area contributed by atoms with Gasteiger partial charge in [0.05, 0.1) is 11.4 Å². The molecule has 246 valence electrons. The van der Waals surface area contributed by atoms with Crippen molar-refractivity contribution in [3.05, 3.63) is 182 Å². The first kappa shape index (κ1) is 29.6. The first-order valence-electron chi connectivity index (χ1n) is 18.0. The lowest BCUT2D eigenvalue weighted by atomic mass is 9.92. The molecule has 53 heavy (non-hydrogen) atoms. The number of benzene rings is 9. The van der Waals surface area contributed by atoms with Crippen LogP contribution in [0.4, 0.5) is 0 Å². The van der Waals surface area contributed by atoms with Crippen molar-refractivity contribution >= 4 is 65.0 Å². The maximum atomic E-state index is 6.39. The molecule has 2 heterocycles. The average molecular weight is 675 g/mol. The van der Waals surface area contributed by atoms with Crippen molar-refractivity contribution in [3.8, 4) is 45.0 Å². The molecule has 0 atom stereocenters. The van der Waals surface area contributed by atoms with Crippen LogP contribution in [0.25, 0.3) is 110 Å². The molecule has 0 amide bonds. The van der Waals surface area contributed by atoms with Crippen molar-refractivity contribution in [2.45, 2.75) is 0 Å². The minimum Gasteiger partial charge on any atom is -0.456 e. The van der Waals surface area contributed by atoms with Gasteiger partial charge in [-0.2, -0.15) is 0 Å². The van der Waals surface area contributed by atoms with Gasteiger partial charge in [-0.15, -0.1) is 0 Å². The summed E-state index contributed by atoms with van der Waals surface area (Å²) < 4.78 is 6.39. The third-order valence-corrected chi connectivity index (χ3v) is 10.6. The summed E-state index contributed by atoms with van der Waals surface area (Å²) >= 11 is 0. The molecular formula is C50H30N2O. The zero-order valence-electron chi connectivity index (χ0n) is 28.6. The van der Waals surface area contributed by atoms with Crippen LogP contribution < -0.4 is 0 Å². The van der Waals surface area contributed by atoms with E-state index in [1.165, 1.54) is 32.3 Å². The predicted molar refractivity (Wildman–Crippen MR) is 221 cm³/mol. The quantitative estimate of drug-likeness (QED) is 0.138. The smallest absolute Gasteiger partial charge is 0.161 e. The van der Waals surface area contributed by atoms with E-state index in [4.69, 9.17) is 14.4 Å². The van der Waals surface area contributed by atoms with E-state index in [9.17, 15) is 0 Å². The normalized spacial score (nSPS) is 11.8. The molecule has 0 saturated carbocycles. The van der Waals surface area contributed by atoms with E-state index >= 15 is 0 Å². The van der Waals surface area contributed by atoms with Crippen LogP contribution in [0.2, 0.25) is 0 Å². The standard InChI is InChI=1S/C50H30N2O/c1-2-12-33(13-3-1)44-30-45(52-50(51-44)49-40-18-9-7-16-37(40)28-42-38-17-8-6-11-31(38)25-26-41(42)49)34-23-21-32(22-24-34)39-19-10-20-46-48(39)43-27-35-14-4-5-15-36(35)29-47(43)53-46/h1-30H. The number of aromatic nitrogens is 2. The van der Waals surface area contributed by atoms with Crippen LogP contribution in [0.15, 0.2) is 186 Å². The van der Waals surface area contributed by atoms with Crippen molar-refractivity contribution in [2.24, 2.45) is 0 Å². The molecule has 11 rings (SSSR count). The molecule has 3 heteroatoms. The summed E-state index contributed by atoms with van der Waals surface area (Å²) in [7, 11) is 0. The van der Waals surface area contributed by atoms with Gasteiger partial charge < -0.3 is 4.42 Å². The molecule has 0 spiro atoms. The van der Waals surface area contributed by atoms with Crippen LogP contribution in [0, 0.1) is 0 Å². The van der Waals surface area contributed by atoms with Gasteiger partial charge >= 0.3 is 0 Å². The molecule has 11 aromatic rings. The Balaban J connectivity index is 1.10. The minimum atomic E-state index is 0.712. The largest absolute Gasteiger partial charge is 0.456 e. The third kappa shape index (κ3) is 4.82. The van der Waals surface area contributed by atoms with E-state index < -0.39 is 0 Å². The summed E-state index contributed by atoms with van der Waals surface area (Å²) in [4.78, 5) is 10.7. The number of hydrogen-bond donors (Lipinski definition) is 0. The highest BCUT2D eigenvalue weighted by atomic mass is 16.3. The van der Waals surface area contributed by atoms with Gasteiger partial charge in [-0.3, -0.25) is 0 Å². The summed E-state index contributed by atoms with van der Waals surface area (Å²) in [5.41, 5.74) is 8.95. The van der Waals surface area contributed by atoms with E-state index in [-0.39, 0.29) is 0 Å². The zero-order valence-corrected chi connectivity index (χ0v) is 28.6. The monoisotopic (exact) mass is 674 g/mol. The molecular weight excluding hydrogens is 645 g/mol. The molecule has 0 aliphatic heterocycles. The van der Waals surface area contributed by atoms with Crippen LogP contribution in [0.5, 0.6) is 0 Å². The van der Waals surface area contributed by atoms with Gasteiger partial charge in [0.25, 0.3) is 0 Å². The molecule has 0 aliphatic rings. The van der Waals surface area contributed by atoms with Crippen LogP contribution in [-0.2, 0) is 0 Å². The second kappa shape index (κ2) is 11.7. The van der Waals surface area contributed by atoms with Crippen molar-refractivity contribution < 1.29 is 4.42 Å². The molecule has 0 N–H and O–H groups in total. The molecule has 0 saturated heterocycles. The van der Waals surface area contributed by atoms with Gasteiger partial charge in [-0.1, -0.05) is 152 Å². The van der Waals surface area contributed by atoms with Crippen molar-refractivity contribution in [1.29, 1.82) is 0 Å². The maximum Gasteiger partial charge on any atom is 0.161 e. The minimum absolute atomic E-state index is 0.712. The Morgan fingerprint density at radius 3 is 1.75 bits per heavy atom. The lowest BCUT2D eigenvalue weighted by Crippen LogP contribution is -1.98. The van der Waals surface area contributed by atoms with Crippen LogP contribution >= 0.6 is 0 Å². The first-order chi connectivity index (χ1) is 26.2. The molecule has 2 aromatic heterocycles. The van der Waals surface area contributed by atoms with E-state index in [0.717, 1.165) is 71.9 Å². The molecule has 0 radical (unpaired) electrons. The number of hydrogen-bond acceptors (Lipinski definition) is 3. The average Bonchev–Trinajstić information content (AvgIpc) is 3.59. The fourth-order valence-corrected chi connectivity index (χ4v) is 8.10. The fourth-order valence-electron chi connectivity index (χ4n) is 8.10. The SMILES string of the molecule is c1ccc(-c2cc(-c3ccc(-c4cccc5oc6cc7ccccc7cc6c45)cc3)nc(-c3c4ccccc4cc4c3ccc3ccccc34)n2)cc1. The molecule has 3 nitrogen and oxygen atoms in total. The van der Waals surface area contributed by atoms with E-state index in [0.29, 0.717) is 5.82 Å². The highest BCUT2D eigenvalue weighted by Gasteiger charge is 2.18. The number of fused-ring (bicyclic) bond motifs is 8. The van der Waals surface area contributed by atoms with Gasteiger partial charge in [0, 0.05) is 27.5 Å². The lowest BCUT2D eigenvalue weighted by molar-refractivity contribution is 0.669. The first-order valence-corrected chi connectivity index (χ1v) is 18.0. The fraction of sp³-hybridized carbons (Fsp3) is 0. The Hall–Kier alpha value is -7.10. The number of nitrogens with zero attached hydrogens (tertiary/aromatic N) is 2. The molecule has 0 unspecified atom stereocenters. The summed E-state index contributed by atoms with van der Waals surface area (Å²) in [6.07, 6.45) is 0. The number of rotatable bonds is 4. The molecule has 0 fully saturated rings. The predicted octanol–water partition coefficient (Wildman–Crippen LogP) is 13.7. The Bertz CT molecular complexity index is 3210. The summed E-state index contributed by atoms with van der Waals surface area (Å²) in [6.45, 7) is 0. The number of furan rings is 1. The van der Waals surface area contributed by atoms with E-state index in [1.807, 2.05) is 6.07 Å². The third-order valence-electron chi connectivity index (χ3n) is 10.6. The topological polar surface area (TPSA) is 38.9 Å². The van der Waals surface area contributed by atoms with E-state index in [2.05, 4.69) is 176 Å². The zero-order chi connectivity index (χ0) is 34.9. The lowest BCUT2D eigenvalue weighted by Gasteiger charge is -2.15.